The number of nitrogens with one attached hydrogen (secondary N) is 1. The van der Waals surface area contributed by atoms with Gasteiger partial charge in [-0.1, -0.05) is 33.3 Å². The number of hydrogen-bond donors (Lipinski definition) is 1. The van der Waals surface area contributed by atoms with Gasteiger partial charge in [-0.3, -0.25) is 10.1 Å². The lowest BCUT2D eigenvalue weighted by Gasteiger charge is -2.21. The zero-order valence-corrected chi connectivity index (χ0v) is 12.3. The summed E-state index contributed by atoms with van der Waals surface area (Å²) in [5.74, 6) is 0.665. The van der Waals surface area contributed by atoms with Gasteiger partial charge in [0, 0.05) is 23.4 Å². The van der Waals surface area contributed by atoms with Gasteiger partial charge in [0.05, 0.1) is 4.92 Å². The Morgan fingerprint density at radius 1 is 1.32 bits per heavy atom. The molecule has 1 N–H and O–H groups in total. The van der Waals surface area contributed by atoms with Crippen LogP contribution in [0.25, 0.3) is 0 Å². The fraction of sp³-hybridized carbons (Fsp3) is 0.600. The number of rotatable bonds is 7. The third-order valence-corrected chi connectivity index (χ3v) is 3.65. The number of nitrogens with zero attached hydrogens (tertiary/aromatic N) is 1. The molecule has 2 atom stereocenters. The van der Waals surface area contributed by atoms with Gasteiger partial charge in [0.15, 0.2) is 0 Å². The maximum absolute atomic E-state index is 10.9. The average molecular weight is 264 g/mol. The molecule has 0 aromatic heterocycles. The second-order valence-electron chi connectivity index (χ2n) is 5.26. The Labute approximate surface area is 115 Å². The van der Waals surface area contributed by atoms with Crippen LogP contribution in [-0.2, 0) is 0 Å². The van der Waals surface area contributed by atoms with Crippen LogP contribution in [0.3, 0.4) is 0 Å². The van der Waals surface area contributed by atoms with Crippen LogP contribution in [0.2, 0.25) is 0 Å². The second kappa shape index (κ2) is 7.12. The quantitative estimate of drug-likeness (QED) is 0.581. The van der Waals surface area contributed by atoms with E-state index in [1.807, 2.05) is 6.07 Å². The minimum Gasteiger partial charge on any atom is -0.382 e. The van der Waals surface area contributed by atoms with Crippen molar-refractivity contribution in [2.24, 2.45) is 5.92 Å². The Morgan fingerprint density at radius 3 is 2.53 bits per heavy atom. The second-order valence-corrected chi connectivity index (χ2v) is 5.26. The van der Waals surface area contributed by atoms with Crippen molar-refractivity contribution in [2.45, 2.75) is 53.0 Å². The molecule has 19 heavy (non-hydrogen) atoms. The van der Waals surface area contributed by atoms with Gasteiger partial charge in [-0.05, 0) is 31.7 Å². The molecule has 0 saturated heterocycles. The summed E-state index contributed by atoms with van der Waals surface area (Å²) < 4.78 is 0. The highest BCUT2D eigenvalue weighted by Gasteiger charge is 2.14. The summed E-state index contributed by atoms with van der Waals surface area (Å²) >= 11 is 0. The number of nitro benzene ring substituents is 1. The summed E-state index contributed by atoms with van der Waals surface area (Å²) in [5.41, 5.74) is 1.72. The molecule has 4 heteroatoms. The molecule has 0 heterocycles. The van der Waals surface area contributed by atoms with Gasteiger partial charge in [0.1, 0.15) is 0 Å². The van der Waals surface area contributed by atoms with E-state index in [1.165, 1.54) is 0 Å². The minimum atomic E-state index is -0.323. The van der Waals surface area contributed by atoms with Crippen LogP contribution in [0.15, 0.2) is 18.2 Å². The third kappa shape index (κ3) is 4.54. The standard InChI is InChI=1S/C15H24N2O2/c1-5-11(3)9-13(6-2)16-14-8-7-12(4)15(10-14)17(18)19/h7-8,10-11,13,16H,5-6,9H2,1-4H3. The highest BCUT2D eigenvalue weighted by Crippen LogP contribution is 2.24. The number of hydrogen-bond acceptors (Lipinski definition) is 3. The van der Waals surface area contributed by atoms with Crippen LogP contribution >= 0.6 is 0 Å². The van der Waals surface area contributed by atoms with Crippen LogP contribution in [0.5, 0.6) is 0 Å². The molecule has 0 radical (unpaired) electrons. The molecule has 1 aromatic rings. The van der Waals surface area contributed by atoms with E-state index >= 15 is 0 Å². The molecule has 0 aliphatic heterocycles. The van der Waals surface area contributed by atoms with E-state index in [-0.39, 0.29) is 10.6 Å². The first kappa shape index (κ1) is 15.5. The summed E-state index contributed by atoms with van der Waals surface area (Å²) in [7, 11) is 0. The maximum atomic E-state index is 10.9. The van der Waals surface area contributed by atoms with Crippen molar-refractivity contribution in [3.63, 3.8) is 0 Å². The predicted octanol–water partition coefficient (Wildman–Crippen LogP) is 4.53. The van der Waals surface area contributed by atoms with Crippen molar-refractivity contribution >= 4 is 11.4 Å². The van der Waals surface area contributed by atoms with E-state index < -0.39 is 0 Å². The molecule has 1 aromatic carbocycles. The molecule has 0 aliphatic rings. The zero-order chi connectivity index (χ0) is 14.4. The summed E-state index contributed by atoms with van der Waals surface area (Å²) in [6.07, 6.45) is 3.27. The van der Waals surface area contributed by atoms with Gasteiger partial charge in [0.2, 0.25) is 0 Å². The first-order valence-electron chi connectivity index (χ1n) is 6.99. The van der Waals surface area contributed by atoms with Crippen molar-refractivity contribution in [2.75, 3.05) is 5.32 Å². The Kier molecular flexibility index (Phi) is 5.80. The van der Waals surface area contributed by atoms with Crippen LogP contribution in [0.1, 0.15) is 45.6 Å². The van der Waals surface area contributed by atoms with Crippen LogP contribution < -0.4 is 5.32 Å². The van der Waals surface area contributed by atoms with E-state index in [0.717, 1.165) is 24.9 Å². The van der Waals surface area contributed by atoms with Crippen molar-refractivity contribution in [3.8, 4) is 0 Å². The van der Waals surface area contributed by atoms with Crippen molar-refractivity contribution in [1.82, 2.24) is 0 Å². The molecule has 2 unspecified atom stereocenters. The first-order chi connectivity index (χ1) is 8.97. The molecule has 1 rings (SSSR count). The number of benzene rings is 1. The molecular weight excluding hydrogens is 240 g/mol. The van der Waals surface area contributed by atoms with E-state index in [9.17, 15) is 10.1 Å². The first-order valence-corrected chi connectivity index (χ1v) is 6.99. The van der Waals surface area contributed by atoms with E-state index in [2.05, 4.69) is 26.1 Å². The Bertz CT molecular complexity index is 432. The molecule has 4 nitrogen and oxygen atoms in total. The lowest BCUT2D eigenvalue weighted by Crippen LogP contribution is -2.21. The van der Waals surface area contributed by atoms with Gasteiger partial charge < -0.3 is 5.32 Å². The SMILES string of the molecule is CCC(C)CC(CC)Nc1ccc(C)c([N+](=O)[O-])c1. The fourth-order valence-electron chi connectivity index (χ4n) is 2.11. The van der Waals surface area contributed by atoms with E-state index in [0.29, 0.717) is 17.5 Å². The molecule has 0 aliphatic carbocycles. The van der Waals surface area contributed by atoms with Crippen molar-refractivity contribution in [3.05, 3.63) is 33.9 Å². The third-order valence-electron chi connectivity index (χ3n) is 3.65. The molecule has 0 fully saturated rings. The monoisotopic (exact) mass is 264 g/mol. The Hall–Kier alpha value is -1.58. The van der Waals surface area contributed by atoms with E-state index in [1.54, 1.807) is 19.1 Å². The number of aryl methyl sites for hydroxylation is 1. The molecular formula is C15H24N2O2. The number of nitro groups is 1. The van der Waals surface area contributed by atoms with Gasteiger partial charge >= 0.3 is 0 Å². The summed E-state index contributed by atoms with van der Waals surface area (Å²) in [6.45, 7) is 8.33. The fourth-order valence-corrected chi connectivity index (χ4v) is 2.11. The average Bonchev–Trinajstić information content (AvgIpc) is 2.39. The smallest absolute Gasteiger partial charge is 0.274 e. The molecule has 0 spiro atoms. The lowest BCUT2D eigenvalue weighted by molar-refractivity contribution is -0.385. The lowest BCUT2D eigenvalue weighted by atomic mass is 9.97. The molecule has 106 valence electrons. The van der Waals surface area contributed by atoms with Crippen molar-refractivity contribution in [1.29, 1.82) is 0 Å². The van der Waals surface area contributed by atoms with Crippen molar-refractivity contribution < 1.29 is 4.92 Å². The normalized spacial score (nSPS) is 13.9. The minimum absolute atomic E-state index is 0.184. The maximum Gasteiger partial charge on any atom is 0.274 e. The predicted molar refractivity (Wildman–Crippen MR) is 79.6 cm³/mol. The highest BCUT2D eigenvalue weighted by molar-refractivity contribution is 5.55. The van der Waals surface area contributed by atoms with Gasteiger partial charge in [0.25, 0.3) is 5.69 Å². The summed E-state index contributed by atoms with van der Waals surface area (Å²) in [6, 6.07) is 5.73. The van der Waals surface area contributed by atoms with Gasteiger partial charge in [-0.2, -0.15) is 0 Å². The van der Waals surface area contributed by atoms with Crippen LogP contribution in [0, 0.1) is 23.0 Å². The highest BCUT2D eigenvalue weighted by atomic mass is 16.6. The van der Waals surface area contributed by atoms with Crippen LogP contribution in [0.4, 0.5) is 11.4 Å². The Balaban J connectivity index is 2.80. The van der Waals surface area contributed by atoms with E-state index in [4.69, 9.17) is 0 Å². The molecule has 0 bridgehead atoms. The Morgan fingerprint density at radius 2 is 2.00 bits per heavy atom. The molecule has 0 saturated carbocycles. The number of anilines is 1. The zero-order valence-electron chi connectivity index (χ0n) is 12.3. The van der Waals surface area contributed by atoms with Gasteiger partial charge in [-0.15, -0.1) is 0 Å². The summed E-state index contributed by atoms with van der Waals surface area (Å²) in [4.78, 5) is 10.6. The molecule has 0 amide bonds. The largest absolute Gasteiger partial charge is 0.382 e. The topological polar surface area (TPSA) is 55.2 Å². The van der Waals surface area contributed by atoms with Gasteiger partial charge in [-0.25, -0.2) is 0 Å². The van der Waals surface area contributed by atoms with Crippen LogP contribution in [-0.4, -0.2) is 11.0 Å². The summed E-state index contributed by atoms with van der Waals surface area (Å²) in [5, 5.41) is 14.3.